The third kappa shape index (κ3) is 2.93. The van der Waals surface area contributed by atoms with E-state index in [1.54, 1.807) is 25.1 Å². The van der Waals surface area contributed by atoms with Crippen molar-refractivity contribution < 1.29 is 9.59 Å². The topological polar surface area (TPSA) is 107 Å². The van der Waals surface area contributed by atoms with Gasteiger partial charge in [0.25, 0.3) is 0 Å². The number of hydrogen-bond donors (Lipinski definition) is 4. The second kappa shape index (κ2) is 6.22. The van der Waals surface area contributed by atoms with Crippen LogP contribution in [0.3, 0.4) is 0 Å². The van der Waals surface area contributed by atoms with Gasteiger partial charge in [0.2, 0.25) is 11.8 Å². The fourth-order valence-corrected chi connectivity index (χ4v) is 6.16. The van der Waals surface area contributed by atoms with Crippen molar-refractivity contribution in [2.75, 3.05) is 5.32 Å². The molecule has 0 saturated heterocycles. The molecule has 4 aliphatic carbocycles. The van der Waals surface area contributed by atoms with Crippen molar-refractivity contribution in [2.45, 2.75) is 51.5 Å². The average Bonchev–Trinajstić information content (AvgIpc) is 2.99. The van der Waals surface area contributed by atoms with E-state index in [0.717, 1.165) is 19.3 Å². The van der Waals surface area contributed by atoms with Gasteiger partial charge in [0.15, 0.2) is 0 Å². The van der Waals surface area contributed by atoms with Gasteiger partial charge in [-0.2, -0.15) is 0 Å². The van der Waals surface area contributed by atoms with Crippen molar-refractivity contribution in [1.29, 1.82) is 0 Å². The summed E-state index contributed by atoms with van der Waals surface area (Å²) in [5.74, 6) is 1.87. The molecule has 0 radical (unpaired) electrons. The zero-order valence-corrected chi connectivity index (χ0v) is 16.0. The monoisotopic (exact) mass is 382 g/mol. The van der Waals surface area contributed by atoms with Crippen molar-refractivity contribution in [3.63, 3.8) is 0 Å². The number of rotatable bonds is 4. The molecule has 1 aromatic carbocycles. The van der Waals surface area contributed by atoms with Crippen molar-refractivity contribution in [2.24, 2.45) is 23.2 Å². The normalized spacial score (nSPS) is 31.7. The third-order valence-electron chi connectivity index (χ3n) is 7.04. The minimum absolute atomic E-state index is 0.0552. The van der Waals surface area contributed by atoms with Crippen LogP contribution in [-0.4, -0.2) is 27.8 Å². The molecule has 6 rings (SSSR count). The number of nitrogens with one attached hydrogen (secondary N) is 4. The molecule has 2 amide bonds. The number of anilines is 1. The molecule has 4 saturated carbocycles. The van der Waals surface area contributed by atoms with E-state index in [2.05, 4.69) is 20.6 Å². The zero-order valence-electron chi connectivity index (χ0n) is 16.0. The maximum atomic E-state index is 13.1. The summed E-state index contributed by atoms with van der Waals surface area (Å²) in [7, 11) is 0. The fourth-order valence-electron chi connectivity index (χ4n) is 6.16. The van der Waals surface area contributed by atoms with Crippen LogP contribution < -0.4 is 16.3 Å². The maximum absolute atomic E-state index is 13.1. The predicted molar refractivity (Wildman–Crippen MR) is 106 cm³/mol. The zero-order chi connectivity index (χ0) is 19.5. The highest BCUT2D eigenvalue weighted by Gasteiger charge is 2.54. The summed E-state index contributed by atoms with van der Waals surface area (Å²) >= 11 is 0. The maximum Gasteiger partial charge on any atom is 0.323 e. The number of carbonyl (C=O) groups excluding carboxylic acids is 2. The molecule has 148 valence electrons. The van der Waals surface area contributed by atoms with Gasteiger partial charge in [0.1, 0.15) is 6.04 Å². The molecule has 1 aromatic heterocycles. The van der Waals surface area contributed by atoms with Gasteiger partial charge in [-0.05, 0) is 81.4 Å². The number of benzene rings is 1. The van der Waals surface area contributed by atoms with E-state index >= 15 is 0 Å². The summed E-state index contributed by atoms with van der Waals surface area (Å²) in [6, 6.07) is 4.57. The van der Waals surface area contributed by atoms with Crippen LogP contribution in [0.1, 0.15) is 45.4 Å². The Labute approximate surface area is 162 Å². The van der Waals surface area contributed by atoms with Gasteiger partial charge < -0.3 is 20.6 Å². The molecule has 1 heterocycles. The first kappa shape index (κ1) is 17.5. The molecule has 0 spiro atoms. The van der Waals surface area contributed by atoms with Gasteiger partial charge in [0, 0.05) is 11.1 Å². The van der Waals surface area contributed by atoms with Crippen molar-refractivity contribution >= 4 is 28.5 Å². The van der Waals surface area contributed by atoms with E-state index in [4.69, 9.17) is 0 Å². The quantitative estimate of drug-likeness (QED) is 0.653. The first-order chi connectivity index (χ1) is 13.4. The SMILES string of the molecule is CC(NC(=O)C12CC3CC(CC(C3)C1)C2)C(=O)Nc1ccc2[nH]c(=O)[nH]c2c1. The van der Waals surface area contributed by atoms with E-state index in [-0.39, 0.29) is 22.9 Å². The molecule has 4 aliphatic rings. The van der Waals surface area contributed by atoms with E-state index < -0.39 is 6.04 Å². The standard InChI is InChI=1S/C21H26N4O3/c1-11(18(26)23-15-2-3-16-17(7-15)25-20(28)24-16)22-19(27)21-8-12-4-13(9-21)6-14(5-12)10-21/h2-3,7,11-14H,4-6,8-10H2,1H3,(H,22,27)(H,23,26)(H2,24,25,28). The number of hydrogen-bond acceptors (Lipinski definition) is 3. The molecule has 0 aliphatic heterocycles. The van der Waals surface area contributed by atoms with Crippen molar-refractivity contribution in [3.8, 4) is 0 Å². The molecule has 1 unspecified atom stereocenters. The van der Waals surface area contributed by atoms with Gasteiger partial charge in [-0.15, -0.1) is 0 Å². The summed E-state index contributed by atoms with van der Waals surface area (Å²) in [6.45, 7) is 1.73. The van der Waals surface area contributed by atoms with Gasteiger partial charge in [0.05, 0.1) is 11.0 Å². The Morgan fingerprint density at radius 1 is 1.04 bits per heavy atom. The van der Waals surface area contributed by atoms with Crippen LogP contribution in [0, 0.1) is 23.2 Å². The lowest BCUT2D eigenvalue weighted by molar-refractivity contribution is -0.147. The molecule has 4 fully saturated rings. The fraction of sp³-hybridized carbons (Fsp3) is 0.571. The molecule has 4 N–H and O–H groups in total. The Bertz CT molecular complexity index is 969. The highest BCUT2D eigenvalue weighted by Crippen LogP contribution is 2.60. The van der Waals surface area contributed by atoms with Gasteiger partial charge in [-0.1, -0.05) is 0 Å². The molecule has 7 nitrogen and oxygen atoms in total. The van der Waals surface area contributed by atoms with E-state index in [1.165, 1.54) is 19.3 Å². The Morgan fingerprint density at radius 3 is 2.29 bits per heavy atom. The molecule has 4 bridgehead atoms. The Kier molecular flexibility index (Phi) is 3.89. The Morgan fingerprint density at radius 2 is 1.64 bits per heavy atom. The van der Waals surface area contributed by atoms with Crippen LogP contribution in [0.2, 0.25) is 0 Å². The van der Waals surface area contributed by atoms with Crippen LogP contribution in [-0.2, 0) is 9.59 Å². The van der Waals surface area contributed by atoms with Crippen LogP contribution in [0.4, 0.5) is 5.69 Å². The predicted octanol–water partition coefficient (Wildman–Crippen LogP) is 2.52. The van der Waals surface area contributed by atoms with E-state index in [1.807, 2.05) is 0 Å². The Balaban J connectivity index is 1.25. The Hall–Kier alpha value is -2.57. The van der Waals surface area contributed by atoms with Crippen LogP contribution in [0.15, 0.2) is 23.0 Å². The number of fused-ring (bicyclic) bond motifs is 1. The number of aromatic amines is 2. The molecule has 7 heteroatoms. The van der Waals surface area contributed by atoms with Crippen molar-refractivity contribution in [1.82, 2.24) is 15.3 Å². The minimum atomic E-state index is -0.610. The lowest BCUT2D eigenvalue weighted by Crippen LogP contribution is -2.56. The van der Waals surface area contributed by atoms with Crippen molar-refractivity contribution in [3.05, 3.63) is 28.7 Å². The summed E-state index contributed by atoms with van der Waals surface area (Å²) in [6.07, 6.45) is 6.80. The van der Waals surface area contributed by atoms with Gasteiger partial charge in [-0.25, -0.2) is 4.79 Å². The minimum Gasteiger partial charge on any atom is -0.344 e. The lowest BCUT2D eigenvalue weighted by atomic mass is 9.49. The molecule has 28 heavy (non-hydrogen) atoms. The molecule has 1 atom stereocenters. The second-order valence-electron chi connectivity index (χ2n) is 9.22. The number of carbonyl (C=O) groups is 2. The summed E-state index contributed by atoms with van der Waals surface area (Å²) in [5, 5.41) is 5.82. The number of imidazole rings is 1. The number of amides is 2. The first-order valence-electron chi connectivity index (χ1n) is 10.2. The van der Waals surface area contributed by atoms with E-state index in [9.17, 15) is 14.4 Å². The summed E-state index contributed by atoms with van der Waals surface area (Å²) in [5.41, 5.74) is 1.37. The van der Waals surface area contributed by atoms with Crippen LogP contribution in [0.5, 0.6) is 0 Å². The molecular weight excluding hydrogens is 356 g/mol. The second-order valence-corrected chi connectivity index (χ2v) is 9.22. The van der Waals surface area contributed by atoms with Crippen LogP contribution >= 0.6 is 0 Å². The number of H-pyrrole nitrogens is 2. The molecule has 2 aromatic rings. The first-order valence-corrected chi connectivity index (χ1v) is 10.2. The van der Waals surface area contributed by atoms with E-state index in [0.29, 0.717) is 34.5 Å². The summed E-state index contributed by atoms with van der Waals surface area (Å²) < 4.78 is 0. The van der Waals surface area contributed by atoms with Gasteiger partial charge >= 0.3 is 5.69 Å². The summed E-state index contributed by atoms with van der Waals surface area (Å²) in [4.78, 5) is 42.4. The largest absolute Gasteiger partial charge is 0.344 e. The highest BCUT2D eigenvalue weighted by atomic mass is 16.2. The smallest absolute Gasteiger partial charge is 0.323 e. The third-order valence-corrected chi connectivity index (χ3v) is 7.04. The number of aromatic nitrogens is 2. The van der Waals surface area contributed by atoms with Gasteiger partial charge in [-0.3, -0.25) is 9.59 Å². The molecular formula is C21H26N4O3. The highest BCUT2D eigenvalue weighted by molar-refractivity contribution is 5.98. The average molecular weight is 382 g/mol. The van der Waals surface area contributed by atoms with Crippen LogP contribution in [0.25, 0.3) is 11.0 Å². The lowest BCUT2D eigenvalue weighted by Gasteiger charge is -2.55.